The van der Waals surface area contributed by atoms with Crippen LogP contribution in [0.5, 0.6) is 0 Å². The number of piperidine rings is 1. The van der Waals surface area contributed by atoms with Crippen molar-refractivity contribution in [3.8, 4) is 0 Å². The Hall–Kier alpha value is -0.120. The fourth-order valence-electron chi connectivity index (χ4n) is 2.82. The minimum Gasteiger partial charge on any atom is -0.315 e. The Balaban J connectivity index is 2.48. The fraction of sp³-hybridized carbons (Fsp3) is 1.00. The number of rotatable bonds is 6. The molecule has 1 atom stereocenters. The Morgan fingerprint density at radius 2 is 1.88 bits per heavy atom. The van der Waals surface area contributed by atoms with Gasteiger partial charge in [0, 0.05) is 18.6 Å². The first-order valence-electron chi connectivity index (χ1n) is 7.17. The molecule has 3 heteroatoms. The maximum Gasteiger partial charge on any atom is 0.0243 e. The average molecular weight is 241 g/mol. The largest absolute Gasteiger partial charge is 0.315 e. The summed E-state index contributed by atoms with van der Waals surface area (Å²) in [6.07, 6.45) is 2.64. The number of likely N-dealkylation sites (tertiary alicyclic amines) is 1. The molecule has 0 saturated carbocycles. The lowest BCUT2D eigenvalue weighted by Gasteiger charge is -2.41. The van der Waals surface area contributed by atoms with Crippen LogP contribution in [-0.4, -0.2) is 62.2 Å². The first kappa shape index (κ1) is 14.9. The van der Waals surface area contributed by atoms with Crippen molar-refractivity contribution in [2.24, 2.45) is 5.92 Å². The summed E-state index contributed by atoms with van der Waals surface area (Å²) in [4.78, 5) is 5.07. The lowest BCUT2D eigenvalue weighted by molar-refractivity contribution is 0.0852. The standard InChI is InChI=1S/C14H31N3/c1-6-15-11-14(12(2)3)17(5)13-7-9-16(4)10-8-13/h12-15H,6-11H2,1-5H3. The van der Waals surface area contributed by atoms with E-state index in [0.717, 1.165) is 25.0 Å². The predicted octanol–water partition coefficient (Wildman–Crippen LogP) is 1.65. The van der Waals surface area contributed by atoms with Crippen LogP contribution in [0.1, 0.15) is 33.6 Å². The summed E-state index contributed by atoms with van der Waals surface area (Å²) >= 11 is 0. The summed E-state index contributed by atoms with van der Waals surface area (Å²) in [5.41, 5.74) is 0. The van der Waals surface area contributed by atoms with Crippen LogP contribution in [-0.2, 0) is 0 Å². The summed E-state index contributed by atoms with van der Waals surface area (Å²) in [5.74, 6) is 0.721. The molecule has 1 fully saturated rings. The van der Waals surface area contributed by atoms with Gasteiger partial charge < -0.3 is 10.2 Å². The van der Waals surface area contributed by atoms with Gasteiger partial charge >= 0.3 is 0 Å². The molecule has 0 aromatic carbocycles. The molecule has 0 radical (unpaired) electrons. The predicted molar refractivity (Wildman–Crippen MR) is 75.5 cm³/mol. The lowest BCUT2D eigenvalue weighted by atomic mass is 9.97. The van der Waals surface area contributed by atoms with Gasteiger partial charge in [-0.15, -0.1) is 0 Å². The summed E-state index contributed by atoms with van der Waals surface area (Å²) in [7, 11) is 4.55. The van der Waals surface area contributed by atoms with Crippen molar-refractivity contribution in [1.29, 1.82) is 0 Å². The van der Waals surface area contributed by atoms with E-state index in [2.05, 4.69) is 50.0 Å². The Bertz CT molecular complexity index is 198. The van der Waals surface area contributed by atoms with Crippen LogP contribution in [0, 0.1) is 5.92 Å². The third-order valence-corrected chi connectivity index (χ3v) is 4.16. The Morgan fingerprint density at radius 3 is 2.35 bits per heavy atom. The number of likely N-dealkylation sites (N-methyl/N-ethyl adjacent to an activating group) is 2. The van der Waals surface area contributed by atoms with Crippen molar-refractivity contribution >= 4 is 0 Å². The summed E-state index contributed by atoms with van der Waals surface area (Å²) in [6, 6.07) is 1.45. The molecule has 1 aliphatic rings. The molecule has 1 rings (SSSR count). The summed E-state index contributed by atoms with van der Waals surface area (Å²) in [5, 5.41) is 3.51. The van der Waals surface area contributed by atoms with Gasteiger partial charge in [0.25, 0.3) is 0 Å². The molecule has 0 bridgehead atoms. The quantitative estimate of drug-likeness (QED) is 0.763. The van der Waals surface area contributed by atoms with E-state index >= 15 is 0 Å². The molecular weight excluding hydrogens is 210 g/mol. The third kappa shape index (κ3) is 4.57. The minimum atomic E-state index is 0.670. The van der Waals surface area contributed by atoms with Crippen LogP contribution in [0.15, 0.2) is 0 Å². The van der Waals surface area contributed by atoms with Crippen molar-refractivity contribution in [2.45, 2.75) is 45.7 Å². The van der Waals surface area contributed by atoms with Gasteiger partial charge in [0.15, 0.2) is 0 Å². The molecule has 1 heterocycles. The van der Waals surface area contributed by atoms with E-state index in [1.807, 2.05) is 0 Å². The monoisotopic (exact) mass is 241 g/mol. The second kappa shape index (κ2) is 7.34. The third-order valence-electron chi connectivity index (χ3n) is 4.16. The van der Waals surface area contributed by atoms with Crippen LogP contribution in [0.2, 0.25) is 0 Å². The van der Waals surface area contributed by atoms with Gasteiger partial charge in [-0.3, -0.25) is 4.90 Å². The Kier molecular flexibility index (Phi) is 6.45. The zero-order valence-electron chi connectivity index (χ0n) is 12.4. The van der Waals surface area contributed by atoms with E-state index in [-0.39, 0.29) is 0 Å². The van der Waals surface area contributed by atoms with Gasteiger partial charge in [-0.05, 0) is 52.5 Å². The Morgan fingerprint density at radius 1 is 1.29 bits per heavy atom. The van der Waals surface area contributed by atoms with Crippen molar-refractivity contribution < 1.29 is 0 Å². The fourth-order valence-corrected chi connectivity index (χ4v) is 2.82. The van der Waals surface area contributed by atoms with Crippen LogP contribution >= 0.6 is 0 Å². The van der Waals surface area contributed by atoms with Crippen LogP contribution < -0.4 is 5.32 Å². The molecular formula is C14H31N3. The van der Waals surface area contributed by atoms with Crippen molar-refractivity contribution in [3.63, 3.8) is 0 Å². The first-order chi connectivity index (χ1) is 8.06. The van der Waals surface area contributed by atoms with Gasteiger partial charge in [0.05, 0.1) is 0 Å². The second-order valence-corrected chi connectivity index (χ2v) is 5.82. The number of nitrogens with one attached hydrogen (secondary N) is 1. The minimum absolute atomic E-state index is 0.670. The molecule has 0 aliphatic carbocycles. The molecule has 3 nitrogen and oxygen atoms in total. The highest BCUT2D eigenvalue weighted by atomic mass is 15.2. The Labute approximate surface area is 108 Å². The average Bonchev–Trinajstić information content (AvgIpc) is 2.29. The topological polar surface area (TPSA) is 18.5 Å². The molecule has 0 spiro atoms. The molecule has 1 saturated heterocycles. The van der Waals surface area contributed by atoms with E-state index in [1.54, 1.807) is 0 Å². The molecule has 17 heavy (non-hydrogen) atoms. The maximum atomic E-state index is 3.51. The number of hydrogen-bond donors (Lipinski definition) is 1. The molecule has 1 unspecified atom stereocenters. The SMILES string of the molecule is CCNCC(C(C)C)N(C)C1CCN(C)CC1. The van der Waals surface area contributed by atoms with Crippen LogP contribution in [0.25, 0.3) is 0 Å². The van der Waals surface area contributed by atoms with E-state index in [0.29, 0.717) is 6.04 Å². The van der Waals surface area contributed by atoms with E-state index in [4.69, 9.17) is 0 Å². The van der Waals surface area contributed by atoms with Gasteiger partial charge in [-0.2, -0.15) is 0 Å². The molecule has 0 aromatic rings. The lowest BCUT2D eigenvalue weighted by Crippen LogP contribution is -2.51. The van der Waals surface area contributed by atoms with Crippen molar-refractivity contribution in [2.75, 3.05) is 40.3 Å². The van der Waals surface area contributed by atoms with E-state index in [9.17, 15) is 0 Å². The van der Waals surface area contributed by atoms with E-state index in [1.165, 1.54) is 25.9 Å². The van der Waals surface area contributed by atoms with Crippen LogP contribution in [0.3, 0.4) is 0 Å². The second-order valence-electron chi connectivity index (χ2n) is 5.82. The highest BCUT2D eigenvalue weighted by Gasteiger charge is 2.27. The molecule has 102 valence electrons. The summed E-state index contributed by atoms with van der Waals surface area (Å²) < 4.78 is 0. The van der Waals surface area contributed by atoms with Crippen molar-refractivity contribution in [3.05, 3.63) is 0 Å². The van der Waals surface area contributed by atoms with Gasteiger partial charge in [0.2, 0.25) is 0 Å². The highest BCUT2D eigenvalue weighted by Crippen LogP contribution is 2.19. The molecule has 0 aromatic heterocycles. The molecule has 1 aliphatic heterocycles. The van der Waals surface area contributed by atoms with Gasteiger partial charge in [-0.1, -0.05) is 20.8 Å². The number of nitrogens with zero attached hydrogens (tertiary/aromatic N) is 2. The van der Waals surface area contributed by atoms with Gasteiger partial charge in [0.1, 0.15) is 0 Å². The van der Waals surface area contributed by atoms with Gasteiger partial charge in [-0.25, -0.2) is 0 Å². The normalized spacial score (nSPS) is 21.4. The van der Waals surface area contributed by atoms with Crippen LogP contribution in [0.4, 0.5) is 0 Å². The molecule has 0 amide bonds. The van der Waals surface area contributed by atoms with E-state index < -0.39 is 0 Å². The zero-order chi connectivity index (χ0) is 12.8. The number of hydrogen-bond acceptors (Lipinski definition) is 3. The van der Waals surface area contributed by atoms with Crippen molar-refractivity contribution in [1.82, 2.24) is 15.1 Å². The highest BCUT2D eigenvalue weighted by molar-refractivity contribution is 4.83. The maximum absolute atomic E-state index is 3.51. The molecule has 1 N–H and O–H groups in total. The first-order valence-corrected chi connectivity index (χ1v) is 7.17. The summed E-state index contributed by atoms with van der Waals surface area (Å²) in [6.45, 7) is 11.6. The smallest absolute Gasteiger partial charge is 0.0243 e. The zero-order valence-corrected chi connectivity index (χ0v) is 12.4.